The van der Waals surface area contributed by atoms with Gasteiger partial charge >= 0.3 is 0 Å². The van der Waals surface area contributed by atoms with E-state index in [0.717, 1.165) is 11.3 Å². The first kappa shape index (κ1) is 14.6. The van der Waals surface area contributed by atoms with Crippen LogP contribution in [0.4, 0.5) is 5.69 Å². The lowest BCUT2D eigenvalue weighted by atomic mass is 10.2. The maximum Gasteiger partial charge on any atom is 0.255 e. The van der Waals surface area contributed by atoms with E-state index in [0.29, 0.717) is 18.2 Å². The third-order valence-corrected chi connectivity index (χ3v) is 2.75. The fraction of sp³-hybridized carbons (Fsp3) is 0.200. The van der Waals surface area contributed by atoms with Crippen LogP contribution in [0.1, 0.15) is 5.56 Å². The van der Waals surface area contributed by atoms with Gasteiger partial charge in [-0.25, -0.2) is 4.98 Å². The zero-order valence-electron chi connectivity index (χ0n) is 11.7. The summed E-state index contributed by atoms with van der Waals surface area (Å²) in [6.45, 7) is 0.541. The van der Waals surface area contributed by atoms with Crippen molar-refractivity contribution >= 4 is 11.6 Å². The molecule has 6 heteroatoms. The van der Waals surface area contributed by atoms with Crippen molar-refractivity contribution in [2.75, 3.05) is 19.0 Å². The first-order valence-corrected chi connectivity index (χ1v) is 6.41. The average Bonchev–Trinajstić information content (AvgIpc) is 2.52. The first-order chi connectivity index (χ1) is 10.2. The SMILES string of the molecule is COc1ccc(NCc2ccc(OCC(N)=O)cc2)cn1. The highest BCUT2D eigenvalue weighted by atomic mass is 16.5. The second-order valence-corrected chi connectivity index (χ2v) is 4.34. The standard InChI is InChI=1S/C15H17N3O3/c1-20-15-7-4-12(9-18-15)17-8-11-2-5-13(6-3-11)21-10-14(16)19/h2-7,9,17H,8,10H2,1H3,(H2,16,19). The molecule has 1 heterocycles. The normalized spacial score (nSPS) is 9.95. The van der Waals surface area contributed by atoms with Gasteiger partial charge in [0.1, 0.15) is 5.75 Å². The van der Waals surface area contributed by atoms with Gasteiger partial charge in [0.05, 0.1) is 19.0 Å². The van der Waals surface area contributed by atoms with Gasteiger partial charge in [0.15, 0.2) is 6.61 Å². The molecule has 110 valence electrons. The smallest absolute Gasteiger partial charge is 0.255 e. The summed E-state index contributed by atoms with van der Waals surface area (Å²) in [4.78, 5) is 14.7. The molecule has 21 heavy (non-hydrogen) atoms. The molecule has 0 saturated heterocycles. The lowest BCUT2D eigenvalue weighted by molar-refractivity contribution is -0.119. The van der Waals surface area contributed by atoms with Gasteiger partial charge in [-0.05, 0) is 23.8 Å². The van der Waals surface area contributed by atoms with Crippen LogP contribution < -0.4 is 20.5 Å². The summed E-state index contributed by atoms with van der Waals surface area (Å²) in [5.74, 6) is 0.702. The molecule has 2 rings (SSSR count). The second kappa shape index (κ2) is 7.14. The fourth-order valence-electron chi connectivity index (χ4n) is 1.67. The molecule has 2 aromatic rings. The van der Waals surface area contributed by atoms with Gasteiger partial charge in [-0.1, -0.05) is 12.1 Å². The maximum absolute atomic E-state index is 10.6. The molecule has 0 spiro atoms. The minimum Gasteiger partial charge on any atom is -0.484 e. The van der Waals surface area contributed by atoms with Crippen molar-refractivity contribution < 1.29 is 14.3 Å². The highest BCUT2D eigenvalue weighted by molar-refractivity contribution is 5.75. The lowest BCUT2D eigenvalue weighted by Crippen LogP contribution is -2.19. The summed E-state index contributed by atoms with van der Waals surface area (Å²) in [6, 6.07) is 11.1. The summed E-state index contributed by atoms with van der Waals surface area (Å²) in [5, 5.41) is 3.25. The van der Waals surface area contributed by atoms with Gasteiger partial charge in [0.2, 0.25) is 5.88 Å². The Bertz CT molecular complexity index is 582. The number of carbonyl (C=O) groups is 1. The Kier molecular flexibility index (Phi) is 4.98. The molecule has 0 aliphatic heterocycles. The number of nitrogens with zero attached hydrogens (tertiary/aromatic N) is 1. The summed E-state index contributed by atoms with van der Waals surface area (Å²) >= 11 is 0. The van der Waals surface area contributed by atoms with Crippen molar-refractivity contribution in [3.63, 3.8) is 0 Å². The number of pyridine rings is 1. The number of benzene rings is 1. The number of amides is 1. The van der Waals surface area contributed by atoms with Crippen molar-refractivity contribution in [2.24, 2.45) is 5.73 Å². The number of ether oxygens (including phenoxy) is 2. The van der Waals surface area contributed by atoms with Crippen molar-refractivity contribution in [3.05, 3.63) is 48.2 Å². The van der Waals surface area contributed by atoms with Gasteiger partial charge in [0, 0.05) is 12.6 Å². The number of methoxy groups -OCH3 is 1. The maximum atomic E-state index is 10.6. The number of hydrogen-bond donors (Lipinski definition) is 2. The molecule has 1 amide bonds. The topological polar surface area (TPSA) is 86.5 Å². The van der Waals surface area contributed by atoms with Crippen LogP contribution in [-0.4, -0.2) is 24.6 Å². The van der Waals surface area contributed by atoms with Gasteiger partial charge in [-0.2, -0.15) is 0 Å². The van der Waals surface area contributed by atoms with Crippen molar-refractivity contribution in [1.82, 2.24) is 4.98 Å². The van der Waals surface area contributed by atoms with Crippen molar-refractivity contribution in [3.8, 4) is 11.6 Å². The predicted molar refractivity (Wildman–Crippen MR) is 79.2 cm³/mol. The van der Waals surface area contributed by atoms with E-state index in [4.69, 9.17) is 15.2 Å². The van der Waals surface area contributed by atoms with E-state index in [2.05, 4.69) is 10.3 Å². The van der Waals surface area contributed by atoms with Crippen molar-refractivity contribution in [1.29, 1.82) is 0 Å². The van der Waals surface area contributed by atoms with Gasteiger partial charge in [-0.3, -0.25) is 4.79 Å². The van der Waals surface area contributed by atoms with Gasteiger partial charge < -0.3 is 20.5 Å². The summed E-state index contributed by atoms with van der Waals surface area (Å²) in [7, 11) is 1.58. The van der Waals surface area contributed by atoms with Gasteiger partial charge in [0.25, 0.3) is 5.91 Å². The van der Waals surface area contributed by atoms with Crippen molar-refractivity contribution in [2.45, 2.75) is 6.54 Å². The molecular weight excluding hydrogens is 270 g/mol. The zero-order valence-corrected chi connectivity index (χ0v) is 11.7. The Hall–Kier alpha value is -2.76. The van der Waals surface area contributed by atoms with Crippen LogP contribution in [-0.2, 0) is 11.3 Å². The lowest BCUT2D eigenvalue weighted by Gasteiger charge is -2.08. The second-order valence-electron chi connectivity index (χ2n) is 4.34. The minimum absolute atomic E-state index is 0.116. The molecule has 0 aliphatic carbocycles. The fourth-order valence-corrected chi connectivity index (χ4v) is 1.67. The van der Waals surface area contributed by atoms with Crippen LogP contribution in [0.15, 0.2) is 42.6 Å². The van der Waals surface area contributed by atoms with Crippen LogP contribution in [0.5, 0.6) is 11.6 Å². The van der Waals surface area contributed by atoms with E-state index in [-0.39, 0.29) is 6.61 Å². The molecule has 0 radical (unpaired) electrons. The number of carbonyl (C=O) groups excluding carboxylic acids is 1. The third kappa shape index (κ3) is 4.68. The third-order valence-electron chi connectivity index (χ3n) is 2.75. The Labute approximate surface area is 122 Å². The molecular formula is C15H17N3O3. The molecule has 1 aromatic carbocycles. The Balaban J connectivity index is 1.86. The number of nitrogens with one attached hydrogen (secondary N) is 1. The van der Waals surface area contributed by atoms with E-state index in [1.807, 2.05) is 18.2 Å². The minimum atomic E-state index is -0.493. The predicted octanol–water partition coefficient (Wildman–Crippen LogP) is 1.57. The number of aromatic nitrogens is 1. The molecule has 0 bridgehead atoms. The average molecular weight is 287 g/mol. The highest BCUT2D eigenvalue weighted by Crippen LogP contribution is 2.15. The Morgan fingerprint density at radius 2 is 2.00 bits per heavy atom. The van der Waals surface area contributed by atoms with Gasteiger partial charge in [-0.15, -0.1) is 0 Å². The van der Waals surface area contributed by atoms with Crippen LogP contribution in [0.25, 0.3) is 0 Å². The van der Waals surface area contributed by atoms with Crippen LogP contribution in [0, 0.1) is 0 Å². The van der Waals surface area contributed by atoms with Crippen LogP contribution in [0.3, 0.4) is 0 Å². The number of rotatable bonds is 7. The number of primary amides is 1. The van der Waals surface area contributed by atoms with E-state index in [9.17, 15) is 4.79 Å². The molecule has 3 N–H and O–H groups in total. The summed E-state index contributed by atoms with van der Waals surface area (Å²) < 4.78 is 10.2. The van der Waals surface area contributed by atoms with E-state index in [1.165, 1.54) is 0 Å². The molecule has 0 unspecified atom stereocenters. The molecule has 0 saturated carbocycles. The largest absolute Gasteiger partial charge is 0.484 e. The van der Waals surface area contributed by atoms with Crippen LogP contribution in [0.2, 0.25) is 0 Å². The number of nitrogens with two attached hydrogens (primary N) is 1. The molecule has 1 aromatic heterocycles. The van der Waals surface area contributed by atoms with E-state index < -0.39 is 5.91 Å². The molecule has 0 atom stereocenters. The molecule has 6 nitrogen and oxygen atoms in total. The number of anilines is 1. The summed E-state index contributed by atoms with van der Waals surface area (Å²) in [6.07, 6.45) is 1.71. The summed E-state index contributed by atoms with van der Waals surface area (Å²) in [5.41, 5.74) is 7.00. The number of hydrogen-bond acceptors (Lipinski definition) is 5. The highest BCUT2D eigenvalue weighted by Gasteiger charge is 1.99. The first-order valence-electron chi connectivity index (χ1n) is 6.41. The van der Waals surface area contributed by atoms with Crippen LogP contribution >= 0.6 is 0 Å². The molecule has 0 aliphatic rings. The zero-order chi connectivity index (χ0) is 15.1. The monoisotopic (exact) mass is 287 g/mol. The molecule has 0 fully saturated rings. The van der Waals surface area contributed by atoms with E-state index in [1.54, 1.807) is 31.5 Å². The Morgan fingerprint density at radius 1 is 1.24 bits per heavy atom. The quantitative estimate of drug-likeness (QED) is 0.807. The Morgan fingerprint density at radius 3 is 2.57 bits per heavy atom. The van der Waals surface area contributed by atoms with E-state index >= 15 is 0 Å².